The van der Waals surface area contributed by atoms with Crippen LogP contribution in [-0.4, -0.2) is 40.8 Å². The van der Waals surface area contributed by atoms with E-state index in [4.69, 9.17) is 16.3 Å². The van der Waals surface area contributed by atoms with Gasteiger partial charge in [0.1, 0.15) is 17.9 Å². The molecule has 2 amide bonds. The molecule has 0 atom stereocenters. The lowest BCUT2D eigenvalue weighted by molar-refractivity contribution is -0.384. The number of benzene rings is 1. The normalized spacial score (nSPS) is 10.1. The predicted molar refractivity (Wildman–Crippen MR) is 99.0 cm³/mol. The predicted octanol–water partition coefficient (Wildman–Crippen LogP) is 1.86. The van der Waals surface area contributed by atoms with Gasteiger partial charge >= 0.3 is 5.97 Å². The van der Waals surface area contributed by atoms with E-state index < -0.39 is 35.9 Å². The van der Waals surface area contributed by atoms with Gasteiger partial charge in [0.25, 0.3) is 17.5 Å². The molecule has 1 aromatic carbocycles. The van der Waals surface area contributed by atoms with Gasteiger partial charge in [0.15, 0.2) is 6.61 Å². The second-order valence-corrected chi connectivity index (χ2v) is 5.91. The number of hydrogen-bond donors (Lipinski definition) is 2. The highest BCUT2D eigenvalue weighted by molar-refractivity contribution is 6.30. The number of ether oxygens (including phenoxy) is 1. The minimum Gasteiger partial charge on any atom is -0.454 e. The number of carbonyl (C=O) groups is 3. The van der Waals surface area contributed by atoms with Crippen LogP contribution in [0.2, 0.25) is 5.02 Å². The zero-order chi connectivity index (χ0) is 20.7. The first-order valence-electron chi connectivity index (χ1n) is 7.87. The van der Waals surface area contributed by atoms with E-state index >= 15 is 0 Å². The Morgan fingerprint density at radius 2 is 2.04 bits per heavy atom. The standard InChI is InChI=1S/C17H15ClN4O6/c1-10-3-2-4-13(22(26)27)16(10)21-14(23)9-28-15(24)8-20-17(25)12-7-11(18)5-6-19-12/h2-7H,8-9H2,1H3,(H,20,25)(H,21,23). The molecule has 146 valence electrons. The van der Waals surface area contributed by atoms with Gasteiger partial charge in [-0.25, -0.2) is 0 Å². The molecule has 0 aliphatic carbocycles. The molecular formula is C17H15ClN4O6. The number of nitro benzene ring substituents is 1. The fraction of sp³-hybridized carbons (Fsp3) is 0.176. The van der Waals surface area contributed by atoms with Crippen LogP contribution in [0.1, 0.15) is 16.1 Å². The fourth-order valence-corrected chi connectivity index (χ4v) is 2.27. The maximum Gasteiger partial charge on any atom is 0.325 e. The lowest BCUT2D eigenvalue weighted by Crippen LogP contribution is -2.32. The quantitative estimate of drug-likeness (QED) is 0.406. The molecule has 1 aromatic heterocycles. The van der Waals surface area contributed by atoms with Gasteiger partial charge in [0.05, 0.1) is 4.92 Å². The highest BCUT2D eigenvalue weighted by atomic mass is 35.5. The van der Waals surface area contributed by atoms with Crippen LogP contribution in [0, 0.1) is 17.0 Å². The summed E-state index contributed by atoms with van der Waals surface area (Å²) in [5, 5.41) is 16.0. The first kappa shape index (κ1) is 20.8. The minimum absolute atomic E-state index is 0.0184. The molecule has 11 heteroatoms. The molecule has 0 aliphatic heterocycles. The van der Waals surface area contributed by atoms with Gasteiger partial charge in [0.2, 0.25) is 0 Å². The van der Waals surface area contributed by atoms with Crippen LogP contribution in [-0.2, 0) is 14.3 Å². The van der Waals surface area contributed by atoms with Crippen molar-refractivity contribution in [1.82, 2.24) is 10.3 Å². The zero-order valence-electron chi connectivity index (χ0n) is 14.6. The third-order valence-corrected chi connectivity index (χ3v) is 3.66. The van der Waals surface area contributed by atoms with Crippen molar-refractivity contribution in [1.29, 1.82) is 0 Å². The maximum atomic E-state index is 11.9. The van der Waals surface area contributed by atoms with Crippen LogP contribution in [0.5, 0.6) is 0 Å². The molecule has 0 spiro atoms. The Morgan fingerprint density at radius 3 is 2.71 bits per heavy atom. The second-order valence-electron chi connectivity index (χ2n) is 5.48. The molecular weight excluding hydrogens is 392 g/mol. The lowest BCUT2D eigenvalue weighted by Gasteiger charge is -2.09. The van der Waals surface area contributed by atoms with Crippen LogP contribution >= 0.6 is 11.6 Å². The largest absolute Gasteiger partial charge is 0.454 e. The summed E-state index contributed by atoms with van der Waals surface area (Å²) in [6, 6.07) is 7.14. The Balaban J connectivity index is 1.84. The van der Waals surface area contributed by atoms with Crippen LogP contribution in [0.4, 0.5) is 11.4 Å². The Morgan fingerprint density at radius 1 is 1.29 bits per heavy atom. The number of para-hydroxylation sites is 1. The number of nitro groups is 1. The first-order chi connectivity index (χ1) is 13.3. The van der Waals surface area contributed by atoms with Gasteiger partial charge in [-0.3, -0.25) is 29.5 Å². The van der Waals surface area contributed by atoms with E-state index in [1.165, 1.54) is 30.5 Å². The average molecular weight is 407 g/mol. The molecule has 1 heterocycles. The molecule has 2 rings (SSSR count). The number of hydrogen-bond acceptors (Lipinski definition) is 7. The highest BCUT2D eigenvalue weighted by Crippen LogP contribution is 2.27. The van der Waals surface area contributed by atoms with Crippen molar-refractivity contribution in [3.8, 4) is 0 Å². The van der Waals surface area contributed by atoms with Crippen LogP contribution in [0.15, 0.2) is 36.5 Å². The molecule has 2 N–H and O–H groups in total. The topological polar surface area (TPSA) is 141 Å². The summed E-state index contributed by atoms with van der Waals surface area (Å²) in [5.41, 5.74) is 0.245. The molecule has 0 fully saturated rings. The summed E-state index contributed by atoms with van der Waals surface area (Å²) in [7, 11) is 0. The van der Waals surface area contributed by atoms with Crippen molar-refractivity contribution < 1.29 is 24.0 Å². The Bertz CT molecular complexity index is 934. The number of amides is 2. The van der Waals surface area contributed by atoms with Crippen molar-refractivity contribution in [2.75, 3.05) is 18.5 Å². The van der Waals surface area contributed by atoms with Crippen LogP contribution in [0.3, 0.4) is 0 Å². The molecule has 2 aromatic rings. The molecule has 0 saturated heterocycles. The Kier molecular flexibility index (Phi) is 6.99. The zero-order valence-corrected chi connectivity index (χ0v) is 15.4. The first-order valence-corrected chi connectivity index (χ1v) is 8.25. The number of halogens is 1. The third kappa shape index (κ3) is 5.74. The van der Waals surface area contributed by atoms with Gasteiger partial charge in [-0.1, -0.05) is 23.7 Å². The summed E-state index contributed by atoms with van der Waals surface area (Å²) in [5.74, 6) is -2.27. The van der Waals surface area contributed by atoms with Crippen molar-refractivity contribution in [3.63, 3.8) is 0 Å². The summed E-state index contributed by atoms with van der Waals surface area (Å²) in [6.07, 6.45) is 1.34. The van der Waals surface area contributed by atoms with E-state index in [9.17, 15) is 24.5 Å². The minimum atomic E-state index is -0.871. The van der Waals surface area contributed by atoms with E-state index in [2.05, 4.69) is 15.6 Å². The van der Waals surface area contributed by atoms with Crippen LogP contribution < -0.4 is 10.6 Å². The van der Waals surface area contributed by atoms with Crippen LogP contribution in [0.25, 0.3) is 0 Å². The van der Waals surface area contributed by atoms with Crippen molar-refractivity contribution in [3.05, 3.63) is 62.9 Å². The summed E-state index contributed by atoms with van der Waals surface area (Å²) < 4.78 is 4.74. The second kappa shape index (κ2) is 9.42. The molecule has 0 radical (unpaired) electrons. The molecule has 10 nitrogen and oxygen atoms in total. The smallest absolute Gasteiger partial charge is 0.325 e. The van der Waals surface area contributed by atoms with Gasteiger partial charge in [-0.2, -0.15) is 0 Å². The third-order valence-electron chi connectivity index (χ3n) is 3.42. The Hall–Kier alpha value is -3.53. The van der Waals surface area contributed by atoms with Crippen molar-refractivity contribution in [2.45, 2.75) is 6.92 Å². The summed E-state index contributed by atoms with van der Waals surface area (Å²) in [4.78, 5) is 49.6. The van der Waals surface area contributed by atoms with Gasteiger partial charge in [-0.15, -0.1) is 0 Å². The number of carbonyl (C=O) groups excluding carboxylic acids is 3. The summed E-state index contributed by atoms with van der Waals surface area (Å²) >= 11 is 5.75. The number of aromatic nitrogens is 1. The molecule has 0 unspecified atom stereocenters. The van der Waals surface area contributed by atoms with Crippen molar-refractivity contribution >= 4 is 40.8 Å². The summed E-state index contributed by atoms with van der Waals surface area (Å²) in [6.45, 7) is 0.425. The number of pyridine rings is 1. The van der Waals surface area contributed by atoms with E-state index in [1.54, 1.807) is 13.0 Å². The average Bonchev–Trinajstić information content (AvgIpc) is 2.65. The molecule has 0 bridgehead atoms. The number of aryl methyl sites for hydroxylation is 1. The van der Waals surface area contributed by atoms with Gasteiger partial charge < -0.3 is 15.4 Å². The number of nitrogens with zero attached hydrogens (tertiary/aromatic N) is 2. The number of esters is 1. The molecule has 28 heavy (non-hydrogen) atoms. The van der Waals surface area contributed by atoms with E-state index in [1.807, 2.05) is 0 Å². The SMILES string of the molecule is Cc1cccc([N+](=O)[O-])c1NC(=O)COC(=O)CNC(=O)c1cc(Cl)ccn1. The van der Waals surface area contributed by atoms with Crippen molar-refractivity contribution in [2.24, 2.45) is 0 Å². The molecule has 0 saturated carbocycles. The molecule has 0 aliphatic rings. The van der Waals surface area contributed by atoms with E-state index in [-0.39, 0.29) is 17.1 Å². The van der Waals surface area contributed by atoms with E-state index in [0.717, 1.165) is 0 Å². The Labute approximate surface area is 164 Å². The number of anilines is 1. The number of nitrogens with one attached hydrogen (secondary N) is 2. The van der Waals surface area contributed by atoms with E-state index in [0.29, 0.717) is 10.6 Å². The number of rotatable bonds is 7. The van der Waals surface area contributed by atoms with Gasteiger partial charge in [0, 0.05) is 17.3 Å². The van der Waals surface area contributed by atoms with Gasteiger partial charge in [-0.05, 0) is 24.6 Å². The monoisotopic (exact) mass is 406 g/mol. The fourth-order valence-electron chi connectivity index (χ4n) is 2.11. The highest BCUT2D eigenvalue weighted by Gasteiger charge is 2.18. The lowest BCUT2D eigenvalue weighted by atomic mass is 10.1. The maximum absolute atomic E-state index is 11.9.